The molecule has 2 aromatic carbocycles. The lowest BCUT2D eigenvalue weighted by atomic mass is 10.2. The Hall–Kier alpha value is -3.81. The van der Waals surface area contributed by atoms with Gasteiger partial charge in [-0.2, -0.15) is 5.10 Å². The van der Waals surface area contributed by atoms with Gasteiger partial charge in [-0.3, -0.25) is 0 Å². The number of rotatable bonds is 7. The molecule has 0 atom stereocenters. The zero-order chi connectivity index (χ0) is 20.6. The highest BCUT2D eigenvalue weighted by Crippen LogP contribution is 2.21. The quantitative estimate of drug-likeness (QED) is 0.340. The van der Waals surface area contributed by atoms with Crippen LogP contribution in [0.1, 0.15) is 23.0 Å². The predicted octanol–water partition coefficient (Wildman–Crippen LogP) is 3.91. The Labute approximate surface area is 167 Å². The third-order valence-electron chi connectivity index (χ3n) is 3.76. The molecule has 0 spiro atoms. The molecule has 150 valence electrons. The molecule has 0 saturated heterocycles. The molecule has 29 heavy (non-hydrogen) atoms. The predicted molar refractivity (Wildman–Crippen MR) is 103 cm³/mol. The Kier molecular flexibility index (Phi) is 6.47. The average Bonchev–Trinajstić information content (AvgIpc) is 3.09. The first-order chi connectivity index (χ1) is 14.1. The molecule has 0 saturated carbocycles. The van der Waals surface area contributed by atoms with E-state index < -0.39 is 12.1 Å². The second-order valence-corrected chi connectivity index (χ2v) is 5.85. The topological polar surface area (TPSA) is 88.9 Å². The van der Waals surface area contributed by atoms with Gasteiger partial charge in [-0.15, -0.1) is 0 Å². The van der Waals surface area contributed by atoms with Crippen LogP contribution in [0, 0.1) is 6.92 Å². The third kappa shape index (κ3) is 5.13. The molecule has 0 aliphatic rings. The summed E-state index contributed by atoms with van der Waals surface area (Å²) in [6.07, 6.45) is -0.897. The van der Waals surface area contributed by atoms with E-state index in [2.05, 4.69) is 5.10 Å². The molecular weight excluding hydrogens is 376 g/mol. The second kappa shape index (κ2) is 9.41. The number of esters is 1. The number of aromatic nitrogens is 2. The second-order valence-electron chi connectivity index (χ2n) is 5.85. The summed E-state index contributed by atoms with van der Waals surface area (Å²) >= 11 is 0. The van der Waals surface area contributed by atoms with E-state index in [0.29, 0.717) is 5.88 Å². The first kappa shape index (κ1) is 19.9. The fourth-order valence-corrected chi connectivity index (χ4v) is 2.52. The number of nitrogens with zero attached hydrogens (tertiary/aromatic N) is 2. The highest BCUT2D eigenvalue weighted by molar-refractivity contribution is 5.93. The van der Waals surface area contributed by atoms with E-state index in [4.69, 9.17) is 18.9 Å². The van der Waals surface area contributed by atoms with Gasteiger partial charge in [-0.05, 0) is 38.1 Å². The van der Waals surface area contributed by atoms with Gasteiger partial charge in [0, 0.05) is 6.07 Å². The fourth-order valence-electron chi connectivity index (χ4n) is 2.52. The molecule has 0 bridgehead atoms. The SMILES string of the molecule is CCOC(=O)Oc1ccccc1C(=O)OCOc1cc(C)nn1-c1ccccc1. The number of carbonyl (C=O) groups is 2. The van der Waals surface area contributed by atoms with Crippen LogP contribution in [-0.2, 0) is 9.47 Å². The summed E-state index contributed by atoms with van der Waals surface area (Å²) in [6.45, 7) is 3.31. The number of aryl methyl sites for hydroxylation is 1. The molecule has 0 unspecified atom stereocenters. The summed E-state index contributed by atoms with van der Waals surface area (Å²) in [5.74, 6) is -0.230. The molecule has 0 aliphatic carbocycles. The molecule has 0 radical (unpaired) electrons. The number of para-hydroxylation sites is 2. The Morgan fingerprint density at radius 3 is 2.48 bits per heavy atom. The number of benzene rings is 2. The van der Waals surface area contributed by atoms with Gasteiger partial charge in [0.05, 0.1) is 18.0 Å². The minimum Gasteiger partial charge on any atom is -0.440 e. The van der Waals surface area contributed by atoms with Crippen molar-refractivity contribution in [1.29, 1.82) is 0 Å². The number of carbonyl (C=O) groups excluding carboxylic acids is 2. The van der Waals surface area contributed by atoms with E-state index in [-0.39, 0.29) is 24.7 Å². The van der Waals surface area contributed by atoms with Crippen molar-refractivity contribution >= 4 is 12.1 Å². The van der Waals surface area contributed by atoms with Crippen LogP contribution in [0.2, 0.25) is 0 Å². The monoisotopic (exact) mass is 396 g/mol. The highest BCUT2D eigenvalue weighted by Gasteiger charge is 2.17. The van der Waals surface area contributed by atoms with E-state index in [1.165, 1.54) is 12.1 Å². The van der Waals surface area contributed by atoms with Crippen LogP contribution >= 0.6 is 0 Å². The van der Waals surface area contributed by atoms with E-state index in [1.54, 1.807) is 29.8 Å². The molecule has 8 heteroatoms. The molecule has 8 nitrogen and oxygen atoms in total. The molecule has 0 aliphatic heterocycles. The van der Waals surface area contributed by atoms with Crippen molar-refractivity contribution in [2.24, 2.45) is 0 Å². The minimum absolute atomic E-state index is 0.0427. The summed E-state index contributed by atoms with van der Waals surface area (Å²) < 4.78 is 22.1. The van der Waals surface area contributed by atoms with Crippen molar-refractivity contribution in [1.82, 2.24) is 9.78 Å². The lowest BCUT2D eigenvalue weighted by Gasteiger charge is -2.11. The molecule has 0 N–H and O–H groups in total. The normalized spacial score (nSPS) is 10.3. The van der Waals surface area contributed by atoms with Gasteiger partial charge >= 0.3 is 12.1 Å². The molecule has 0 fully saturated rings. The van der Waals surface area contributed by atoms with Crippen LogP contribution in [0.5, 0.6) is 11.6 Å². The Morgan fingerprint density at radius 1 is 1.00 bits per heavy atom. The maximum atomic E-state index is 12.4. The maximum Gasteiger partial charge on any atom is 0.513 e. The first-order valence-corrected chi connectivity index (χ1v) is 8.94. The summed E-state index contributed by atoms with van der Waals surface area (Å²) in [4.78, 5) is 23.9. The van der Waals surface area contributed by atoms with Crippen LogP contribution in [0.25, 0.3) is 5.69 Å². The van der Waals surface area contributed by atoms with Crippen LogP contribution in [0.3, 0.4) is 0 Å². The lowest BCUT2D eigenvalue weighted by molar-refractivity contribution is 0.0131. The zero-order valence-electron chi connectivity index (χ0n) is 16.0. The van der Waals surface area contributed by atoms with Crippen molar-refractivity contribution in [3.63, 3.8) is 0 Å². The van der Waals surface area contributed by atoms with Crippen molar-refractivity contribution in [3.8, 4) is 17.3 Å². The molecule has 1 aromatic heterocycles. The van der Waals surface area contributed by atoms with Gasteiger partial charge < -0.3 is 18.9 Å². The first-order valence-electron chi connectivity index (χ1n) is 8.94. The van der Waals surface area contributed by atoms with Crippen LogP contribution in [0.4, 0.5) is 4.79 Å². The van der Waals surface area contributed by atoms with Gasteiger partial charge in [0.15, 0.2) is 0 Å². The summed E-state index contributed by atoms with van der Waals surface area (Å²) in [6, 6.07) is 17.4. The maximum absolute atomic E-state index is 12.4. The lowest BCUT2D eigenvalue weighted by Crippen LogP contribution is -2.16. The van der Waals surface area contributed by atoms with Crippen molar-refractivity contribution in [3.05, 3.63) is 71.9 Å². The number of ether oxygens (including phenoxy) is 4. The average molecular weight is 396 g/mol. The van der Waals surface area contributed by atoms with Gasteiger partial charge in [0.2, 0.25) is 12.7 Å². The molecule has 0 amide bonds. The van der Waals surface area contributed by atoms with Gasteiger partial charge in [-0.1, -0.05) is 30.3 Å². The smallest absolute Gasteiger partial charge is 0.440 e. The molecular formula is C21H20N2O6. The Bertz CT molecular complexity index is 984. The van der Waals surface area contributed by atoms with Crippen molar-refractivity contribution < 1.29 is 28.5 Å². The van der Waals surface area contributed by atoms with E-state index in [1.807, 2.05) is 37.3 Å². The van der Waals surface area contributed by atoms with Crippen molar-refractivity contribution in [2.45, 2.75) is 13.8 Å². The van der Waals surface area contributed by atoms with Crippen LogP contribution in [0.15, 0.2) is 60.7 Å². The van der Waals surface area contributed by atoms with E-state index in [9.17, 15) is 9.59 Å². The van der Waals surface area contributed by atoms with Crippen LogP contribution in [-0.4, -0.2) is 35.3 Å². The molecule has 3 aromatic rings. The van der Waals surface area contributed by atoms with Gasteiger partial charge in [0.1, 0.15) is 11.3 Å². The molecule has 3 rings (SSSR count). The number of hydrogen-bond acceptors (Lipinski definition) is 7. The summed E-state index contributed by atoms with van der Waals surface area (Å²) in [5.41, 5.74) is 1.65. The standard InChI is InChI=1S/C21H20N2O6/c1-3-26-21(25)29-18-12-8-7-11-17(18)20(24)28-14-27-19-13-15(2)22-23(19)16-9-5-4-6-10-16/h4-13H,3,14H2,1-2H3. The molecule has 1 heterocycles. The largest absolute Gasteiger partial charge is 0.513 e. The summed E-state index contributed by atoms with van der Waals surface area (Å²) in [7, 11) is 0. The zero-order valence-corrected chi connectivity index (χ0v) is 16.0. The highest BCUT2D eigenvalue weighted by atomic mass is 16.7. The van der Waals surface area contributed by atoms with E-state index in [0.717, 1.165) is 11.4 Å². The Morgan fingerprint density at radius 2 is 1.72 bits per heavy atom. The van der Waals surface area contributed by atoms with Gasteiger partial charge in [-0.25, -0.2) is 14.3 Å². The number of hydrogen-bond donors (Lipinski definition) is 0. The van der Waals surface area contributed by atoms with Crippen LogP contribution < -0.4 is 9.47 Å². The van der Waals surface area contributed by atoms with E-state index >= 15 is 0 Å². The van der Waals surface area contributed by atoms with Crippen molar-refractivity contribution in [2.75, 3.05) is 13.4 Å². The minimum atomic E-state index is -0.897. The third-order valence-corrected chi connectivity index (χ3v) is 3.76. The summed E-state index contributed by atoms with van der Waals surface area (Å²) in [5, 5.41) is 4.38. The Balaban J connectivity index is 1.65. The fraction of sp³-hybridized carbons (Fsp3) is 0.190. The van der Waals surface area contributed by atoms with Gasteiger partial charge in [0.25, 0.3) is 0 Å².